The maximum atomic E-state index is 12.0. The molecular weight excluding hydrogens is 212 g/mol. The minimum absolute atomic E-state index is 0.0868. The van der Waals surface area contributed by atoms with Crippen LogP contribution in [0.3, 0.4) is 0 Å². The Balaban J connectivity index is 2.25. The molecular formula is C14H18N2O. The summed E-state index contributed by atoms with van der Waals surface area (Å²) < 4.78 is 0. The van der Waals surface area contributed by atoms with Crippen LogP contribution >= 0.6 is 0 Å². The molecule has 0 spiro atoms. The summed E-state index contributed by atoms with van der Waals surface area (Å²) in [6.07, 6.45) is 0. The molecule has 2 rings (SSSR count). The van der Waals surface area contributed by atoms with E-state index in [9.17, 15) is 4.79 Å². The second-order valence-electron chi connectivity index (χ2n) is 4.53. The second kappa shape index (κ2) is 5.15. The van der Waals surface area contributed by atoms with Gasteiger partial charge in [-0.25, -0.2) is 0 Å². The molecule has 0 radical (unpaired) electrons. The lowest BCUT2D eigenvalue weighted by Crippen LogP contribution is -2.50. The van der Waals surface area contributed by atoms with Crippen LogP contribution in [-0.2, 0) is 4.79 Å². The molecule has 1 saturated heterocycles. The Morgan fingerprint density at radius 1 is 1.47 bits per heavy atom. The van der Waals surface area contributed by atoms with Crippen LogP contribution in [0, 0.1) is 0 Å². The zero-order chi connectivity index (χ0) is 12.3. The maximum absolute atomic E-state index is 12.0. The third-order valence-electron chi connectivity index (χ3n) is 2.90. The normalized spacial score (nSPS) is 21.0. The number of carbonyl (C=O) groups is 1. The summed E-state index contributed by atoms with van der Waals surface area (Å²) in [6.45, 7) is 8.29. The molecule has 1 N–H and O–H groups in total. The molecule has 17 heavy (non-hydrogen) atoms. The third-order valence-corrected chi connectivity index (χ3v) is 2.90. The van der Waals surface area contributed by atoms with Crippen LogP contribution in [-0.4, -0.2) is 30.4 Å². The van der Waals surface area contributed by atoms with Crippen molar-refractivity contribution in [2.45, 2.75) is 13.0 Å². The van der Waals surface area contributed by atoms with Crippen molar-refractivity contribution in [3.05, 3.63) is 48.0 Å². The van der Waals surface area contributed by atoms with E-state index in [0.29, 0.717) is 0 Å². The Labute approximate surface area is 102 Å². The minimum Gasteiger partial charge on any atom is -0.353 e. The van der Waals surface area contributed by atoms with Crippen molar-refractivity contribution >= 4 is 5.91 Å². The first-order valence-electron chi connectivity index (χ1n) is 5.89. The van der Waals surface area contributed by atoms with Crippen molar-refractivity contribution in [2.75, 3.05) is 19.6 Å². The Morgan fingerprint density at radius 2 is 2.18 bits per heavy atom. The number of hydrogen-bond donors (Lipinski definition) is 1. The minimum atomic E-state index is -0.179. The summed E-state index contributed by atoms with van der Waals surface area (Å²) in [5.74, 6) is 0.0868. The van der Waals surface area contributed by atoms with Crippen LogP contribution in [0.2, 0.25) is 0 Å². The van der Waals surface area contributed by atoms with E-state index in [-0.39, 0.29) is 11.9 Å². The molecule has 1 aliphatic rings. The van der Waals surface area contributed by atoms with Crippen LogP contribution in [0.15, 0.2) is 42.5 Å². The van der Waals surface area contributed by atoms with Gasteiger partial charge in [0.25, 0.3) is 0 Å². The first-order valence-corrected chi connectivity index (χ1v) is 5.89. The number of carbonyl (C=O) groups excluding carboxylic acids is 1. The van der Waals surface area contributed by atoms with Crippen LogP contribution in [0.25, 0.3) is 0 Å². The van der Waals surface area contributed by atoms with Gasteiger partial charge in [-0.1, -0.05) is 42.5 Å². The van der Waals surface area contributed by atoms with Gasteiger partial charge in [0.2, 0.25) is 5.91 Å². The number of rotatable bonds is 3. The molecule has 3 heteroatoms. The van der Waals surface area contributed by atoms with E-state index in [4.69, 9.17) is 0 Å². The van der Waals surface area contributed by atoms with E-state index < -0.39 is 0 Å². The Morgan fingerprint density at radius 3 is 2.82 bits per heavy atom. The third kappa shape index (κ3) is 2.74. The lowest BCUT2D eigenvalue weighted by atomic mass is 10.0. The molecule has 0 aliphatic carbocycles. The number of benzene rings is 1. The van der Waals surface area contributed by atoms with Crippen LogP contribution in [0.5, 0.6) is 0 Å². The predicted molar refractivity (Wildman–Crippen MR) is 68.6 cm³/mol. The Kier molecular flexibility index (Phi) is 3.59. The number of piperazine rings is 1. The molecule has 0 bridgehead atoms. The van der Waals surface area contributed by atoms with Crippen molar-refractivity contribution in [1.29, 1.82) is 0 Å². The maximum Gasteiger partial charge on any atom is 0.242 e. The zero-order valence-corrected chi connectivity index (χ0v) is 10.1. The highest BCUT2D eigenvalue weighted by atomic mass is 16.2. The molecule has 1 aromatic rings. The number of hydrogen-bond acceptors (Lipinski definition) is 2. The van der Waals surface area contributed by atoms with Gasteiger partial charge >= 0.3 is 0 Å². The second-order valence-corrected chi connectivity index (χ2v) is 4.53. The smallest absolute Gasteiger partial charge is 0.242 e. The molecule has 0 saturated carbocycles. The quantitative estimate of drug-likeness (QED) is 0.802. The summed E-state index contributed by atoms with van der Waals surface area (Å²) in [7, 11) is 0. The van der Waals surface area contributed by atoms with Crippen LogP contribution in [0.4, 0.5) is 0 Å². The Bertz CT molecular complexity index is 413. The fourth-order valence-corrected chi connectivity index (χ4v) is 2.23. The first kappa shape index (κ1) is 11.9. The first-order chi connectivity index (χ1) is 8.18. The average molecular weight is 230 g/mol. The Hall–Kier alpha value is -1.61. The van der Waals surface area contributed by atoms with Gasteiger partial charge in [-0.15, -0.1) is 0 Å². The molecule has 1 fully saturated rings. The molecule has 1 aliphatic heterocycles. The largest absolute Gasteiger partial charge is 0.353 e. The van der Waals surface area contributed by atoms with Gasteiger partial charge in [0, 0.05) is 19.6 Å². The molecule has 3 nitrogen and oxygen atoms in total. The van der Waals surface area contributed by atoms with Crippen LogP contribution in [0.1, 0.15) is 18.5 Å². The van der Waals surface area contributed by atoms with Gasteiger partial charge in [-0.2, -0.15) is 0 Å². The fraction of sp³-hybridized carbons (Fsp3) is 0.357. The number of nitrogens with zero attached hydrogens (tertiary/aromatic N) is 1. The molecule has 1 heterocycles. The molecule has 90 valence electrons. The summed E-state index contributed by atoms with van der Waals surface area (Å²) in [5, 5.41) is 2.92. The van der Waals surface area contributed by atoms with E-state index >= 15 is 0 Å². The van der Waals surface area contributed by atoms with Crippen molar-refractivity contribution < 1.29 is 4.79 Å². The summed E-state index contributed by atoms with van der Waals surface area (Å²) in [6, 6.07) is 9.73. The summed E-state index contributed by atoms with van der Waals surface area (Å²) >= 11 is 0. The monoisotopic (exact) mass is 230 g/mol. The highest BCUT2D eigenvalue weighted by Crippen LogP contribution is 2.23. The van der Waals surface area contributed by atoms with Crippen LogP contribution < -0.4 is 5.32 Å². The average Bonchev–Trinajstić information content (AvgIpc) is 2.29. The number of amides is 1. The van der Waals surface area contributed by atoms with E-state index in [2.05, 4.69) is 16.8 Å². The summed E-state index contributed by atoms with van der Waals surface area (Å²) in [4.78, 5) is 14.2. The standard InChI is InChI=1S/C14H18N2O/c1-11(2)10-16-9-8-15-14(17)13(16)12-6-4-3-5-7-12/h3-7,13H,1,8-10H2,2H3,(H,15,17). The molecule has 1 aromatic carbocycles. The number of nitrogens with one attached hydrogen (secondary N) is 1. The molecule has 1 unspecified atom stereocenters. The van der Waals surface area contributed by atoms with Crippen molar-refractivity contribution in [2.24, 2.45) is 0 Å². The van der Waals surface area contributed by atoms with Gasteiger partial charge < -0.3 is 5.32 Å². The molecule has 1 amide bonds. The van der Waals surface area contributed by atoms with Gasteiger partial charge in [0.05, 0.1) is 0 Å². The van der Waals surface area contributed by atoms with Gasteiger partial charge in [0.15, 0.2) is 0 Å². The van der Waals surface area contributed by atoms with Gasteiger partial charge in [0.1, 0.15) is 6.04 Å². The fourth-order valence-electron chi connectivity index (χ4n) is 2.23. The SMILES string of the molecule is C=C(C)CN1CCNC(=O)C1c1ccccc1. The van der Waals surface area contributed by atoms with E-state index in [1.54, 1.807) is 0 Å². The van der Waals surface area contributed by atoms with Gasteiger partial charge in [-0.05, 0) is 12.5 Å². The summed E-state index contributed by atoms with van der Waals surface area (Å²) in [5.41, 5.74) is 2.13. The van der Waals surface area contributed by atoms with E-state index in [1.807, 2.05) is 37.3 Å². The topological polar surface area (TPSA) is 32.3 Å². The van der Waals surface area contributed by atoms with Gasteiger partial charge in [-0.3, -0.25) is 9.69 Å². The highest BCUT2D eigenvalue weighted by molar-refractivity contribution is 5.83. The molecule has 0 aromatic heterocycles. The van der Waals surface area contributed by atoms with Crippen molar-refractivity contribution in [1.82, 2.24) is 10.2 Å². The van der Waals surface area contributed by atoms with Crippen molar-refractivity contribution in [3.8, 4) is 0 Å². The predicted octanol–water partition coefficient (Wildman–Crippen LogP) is 1.74. The zero-order valence-electron chi connectivity index (χ0n) is 10.1. The molecule has 1 atom stereocenters. The van der Waals surface area contributed by atoms with E-state index in [1.165, 1.54) is 0 Å². The lowest BCUT2D eigenvalue weighted by molar-refractivity contribution is -0.129. The highest BCUT2D eigenvalue weighted by Gasteiger charge is 2.30. The lowest BCUT2D eigenvalue weighted by Gasteiger charge is -2.35. The van der Waals surface area contributed by atoms with Crippen molar-refractivity contribution in [3.63, 3.8) is 0 Å². The van der Waals surface area contributed by atoms with E-state index in [0.717, 1.165) is 30.8 Å².